The van der Waals surface area contributed by atoms with Gasteiger partial charge >= 0.3 is 0 Å². The van der Waals surface area contributed by atoms with E-state index in [4.69, 9.17) is 5.26 Å². The van der Waals surface area contributed by atoms with Crippen molar-refractivity contribution in [3.63, 3.8) is 0 Å². The molecule has 2 heterocycles. The molecule has 3 rings (SSSR count). The summed E-state index contributed by atoms with van der Waals surface area (Å²) in [4.78, 5) is 12.7. The molecule has 0 fully saturated rings. The van der Waals surface area contributed by atoms with Crippen LogP contribution in [0.25, 0.3) is 16.7 Å². The van der Waals surface area contributed by atoms with Gasteiger partial charge in [-0.2, -0.15) is 5.26 Å². The van der Waals surface area contributed by atoms with Gasteiger partial charge in [0, 0.05) is 18.7 Å². The minimum Gasteiger partial charge on any atom is -0.276 e. The molecule has 0 atom stereocenters. The molecule has 0 saturated heterocycles. The predicted octanol–water partition coefficient (Wildman–Crippen LogP) is 3.24. The summed E-state index contributed by atoms with van der Waals surface area (Å²) in [5.41, 5.74) is 0.826. The molecule has 0 saturated carbocycles. The predicted molar refractivity (Wildman–Crippen MR) is 95.2 cm³/mol. The van der Waals surface area contributed by atoms with Gasteiger partial charge in [-0.3, -0.25) is 13.8 Å². The quantitative estimate of drug-likeness (QED) is 0.487. The Morgan fingerprint density at radius 3 is 2.88 bits per heavy atom. The highest BCUT2D eigenvalue weighted by atomic mass is 32.2. The van der Waals surface area contributed by atoms with Crippen LogP contribution in [-0.2, 0) is 6.54 Å². The van der Waals surface area contributed by atoms with Gasteiger partial charge in [-0.15, -0.1) is 10.2 Å². The standard InChI is InChI=1S/C17H19N5OS/c1-2-11-21-15(23)13-8-4-5-9-14(13)22-16(21)19-20-17(22)24-12-7-3-6-10-18/h4-5,8-9H,2-3,6-7,11-12H2,1H3. The maximum Gasteiger partial charge on any atom is 0.262 e. The minimum absolute atomic E-state index is 0.0158. The van der Waals surface area contributed by atoms with Crippen LogP contribution < -0.4 is 5.56 Å². The van der Waals surface area contributed by atoms with Crippen molar-refractivity contribution in [1.29, 1.82) is 5.26 Å². The average molecular weight is 341 g/mol. The molecule has 24 heavy (non-hydrogen) atoms. The molecule has 0 aliphatic heterocycles. The summed E-state index contributed by atoms with van der Waals surface area (Å²) in [5, 5.41) is 18.6. The van der Waals surface area contributed by atoms with Crippen molar-refractivity contribution in [3.8, 4) is 6.07 Å². The van der Waals surface area contributed by atoms with E-state index >= 15 is 0 Å². The number of aromatic nitrogens is 4. The van der Waals surface area contributed by atoms with Gasteiger partial charge in [-0.1, -0.05) is 30.8 Å². The Balaban J connectivity index is 2.06. The molecule has 0 aliphatic rings. The number of fused-ring (bicyclic) bond motifs is 3. The van der Waals surface area contributed by atoms with Crippen LogP contribution in [0.2, 0.25) is 0 Å². The zero-order valence-corrected chi connectivity index (χ0v) is 14.4. The van der Waals surface area contributed by atoms with E-state index in [9.17, 15) is 4.79 Å². The Morgan fingerprint density at radius 2 is 2.08 bits per heavy atom. The number of unbranched alkanes of at least 4 members (excludes halogenated alkanes) is 2. The average Bonchev–Trinajstić information content (AvgIpc) is 3.02. The molecule has 0 N–H and O–H groups in total. The first-order chi connectivity index (χ1) is 11.8. The molecular weight excluding hydrogens is 322 g/mol. The zero-order valence-electron chi connectivity index (χ0n) is 13.6. The Hall–Kier alpha value is -2.33. The van der Waals surface area contributed by atoms with E-state index in [0.29, 0.717) is 24.1 Å². The lowest BCUT2D eigenvalue weighted by atomic mass is 10.2. The lowest BCUT2D eigenvalue weighted by Gasteiger charge is -2.10. The van der Waals surface area contributed by atoms with Crippen LogP contribution in [0.15, 0.2) is 34.2 Å². The molecule has 2 aromatic heterocycles. The first-order valence-electron chi connectivity index (χ1n) is 8.14. The van der Waals surface area contributed by atoms with Crippen LogP contribution in [0.3, 0.4) is 0 Å². The van der Waals surface area contributed by atoms with E-state index in [-0.39, 0.29) is 5.56 Å². The fourth-order valence-corrected chi connectivity index (χ4v) is 3.66. The Labute approximate surface area is 144 Å². The largest absolute Gasteiger partial charge is 0.276 e. The second kappa shape index (κ2) is 7.49. The van der Waals surface area contributed by atoms with E-state index in [0.717, 1.165) is 35.7 Å². The molecule has 1 aromatic carbocycles. The fourth-order valence-electron chi connectivity index (χ4n) is 2.72. The molecule has 124 valence electrons. The Bertz CT molecular complexity index is 953. The molecule has 0 bridgehead atoms. The third-order valence-corrected chi connectivity index (χ3v) is 4.85. The van der Waals surface area contributed by atoms with Crippen LogP contribution in [0.1, 0.15) is 32.6 Å². The van der Waals surface area contributed by atoms with E-state index in [1.54, 1.807) is 16.3 Å². The zero-order chi connectivity index (χ0) is 16.9. The first-order valence-corrected chi connectivity index (χ1v) is 9.13. The van der Waals surface area contributed by atoms with Gasteiger partial charge in [0.25, 0.3) is 5.56 Å². The van der Waals surface area contributed by atoms with Gasteiger partial charge < -0.3 is 0 Å². The molecule has 6 nitrogen and oxygen atoms in total. The Morgan fingerprint density at radius 1 is 1.25 bits per heavy atom. The number of nitrogens with zero attached hydrogens (tertiary/aromatic N) is 5. The second-order valence-electron chi connectivity index (χ2n) is 5.56. The highest BCUT2D eigenvalue weighted by molar-refractivity contribution is 7.99. The van der Waals surface area contributed by atoms with Crippen molar-refractivity contribution in [3.05, 3.63) is 34.6 Å². The topological polar surface area (TPSA) is 76.0 Å². The normalized spacial score (nSPS) is 11.2. The monoisotopic (exact) mass is 341 g/mol. The Kier molecular flexibility index (Phi) is 5.16. The van der Waals surface area contributed by atoms with E-state index < -0.39 is 0 Å². The van der Waals surface area contributed by atoms with Crippen LogP contribution in [0, 0.1) is 11.3 Å². The summed E-state index contributed by atoms with van der Waals surface area (Å²) < 4.78 is 3.68. The van der Waals surface area contributed by atoms with Crippen LogP contribution >= 0.6 is 11.8 Å². The number of benzene rings is 1. The van der Waals surface area contributed by atoms with E-state index in [1.807, 2.05) is 35.6 Å². The molecule has 0 unspecified atom stereocenters. The smallest absolute Gasteiger partial charge is 0.262 e. The summed E-state index contributed by atoms with van der Waals surface area (Å²) in [6.07, 6.45) is 3.29. The SMILES string of the molecule is CCCn1c(=O)c2ccccc2n2c(SCCCCC#N)nnc12. The summed E-state index contributed by atoms with van der Waals surface area (Å²) >= 11 is 1.62. The molecular formula is C17H19N5OS. The number of hydrogen-bond donors (Lipinski definition) is 0. The fraction of sp³-hybridized carbons (Fsp3) is 0.412. The van der Waals surface area contributed by atoms with Gasteiger partial charge in [-0.25, -0.2) is 0 Å². The molecule has 3 aromatic rings. The lowest BCUT2D eigenvalue weighted by Crippen LogP contribution is -2.23. The van der Waals surface area contributed by atoms with Crippen molar-refractivity contribution in [2.75, 3.05) is 5.75 Å². The first kappa shape index (κ1) is 16.5. The summed E-state index contributed by atoms with van der Waals surface area (Å²) in [7, 11) is 0. The summed E-state index contributed by atoms with van der Waals surface area (Å²) in [6, 6.07) is 9.75. The van der Waals surface area contributed by atoms with Gasteiger partial charge in [0.15, 0.2) is 5.16 Å². The third kappa shape index (κ3) is 3.02. The number of aryl methyl sites for hydroxylation is 1. The van der Waals surface area contributed by atoms with Crippen molar-refractivity contribution in [2.45, 2.75) is 44.3 Å². The maximum absolute atomic E-state index is 12.7. The van der Waals surface area contributed by atoms with Crippen molar-refractivity contribution < 1.29 is 0 Å². The lowest BCUT2D eigenvalue weighted by molar-refractivity contribution is 0.662. The highest BCUT2D eigenvalue weighted by Crippen LogP contribution is 2.22. The van der Waals surface area contributed by atoms with Crippen LogP contribution in [0.4, 0.5) is 0 Å². The van der Waals surface area contributed by atoms with Gasteiger partial charge in [0.05, 0.1) is 17.0 Å². The molecule has 0 amide bonds. The molecule has 0 spiro atoms. The summed E-state index contributed by atoms with van der Waals surface area (Å²) in [5.74, 6) is 1.48. The highest BCUT2D eigenvalue weighted by Gasteiger charge is 2.15. The number of hydrogen-bond acceptors (Lipinski definition) is 5. The van der Waals surface area contributed by atoms with E-state index in [2.05, 4.69) is 16.3 Å². The minimum atomic E-state index is -0.0158. The second-order valence-corrected chi connectivity index (χ2v) is 6.62. The molecule has 7 heteroatoms. The van der Waals surface area contributed by atoms with Crippen molar-refractivity contribution in [2.24, 2.45) is 0 Å². The van der Waals surface area contributed by atoms with Crippen LogP contribution in [0.5, 0.6) is 0 Å². The third-order valence-electron chi connectivity index (χ3n) is 3.84. The molecule has 0 radical (unpaired) electrons. The number of para-hydroxylation sites is 1. The maximum atomic E-state index is 12.7. The van der Waals surface area contributed by atoms with E-state index in [1.165, 1.54) is 0 Å². The van der Waals surface area contributed by atoms with Crippen molar-refractivity contribution >= 4 is 28.4 Å². The summed E-state index contributed by atoms with van der Waals surface area (Å²) in [6.45, 7) is 2.66. The van der Waals surface area contributed by atoms with Gasteiger partial charge in [-0.05, 0) is 31.4 Å². The van der Waals surface area contributed by atoms with Gasteiger partial charge in [0.2, 0.25) is 5.78 Å². The van der Waals surface area contributed by atoms with Crippen molar-refractivity contribution in [1.82, 2.24) is 19.2 Å². The van der Waals surface area contributed by atoms with Gasteiger partial charge in [0.1, 0.15) is 0 Å². The molecule has 0 aliphatic carbocycles. The van der Waals surface area contributed by atoms with Crippen LogP contribution in [-0.4, -0.2) is 24.9 Å². The number of thioether (sulfide) groups is 1. The number of rotatable bonds is 7. The number of nitriles is 1.